The van der Waals surface area contributed by atoms with Gasteiger partial charge >= 0.3 is 21.6 Å². The zero-order valence-electron chi connectivity index (χ0n) is 18.8. The van der Waals surface area contributed by atoms with Gasteiger partial charge in [-0.25, -0.2) is 9.13 Å². The topological polar surface area (TPSA) is 97.4 Å². The third kappa shape index (κ3) is 16.1. The number of hydrogen-bond acceptors (Lipinski definition) is 8. The molecule has 0 aromatic heterocycles. The zero-order valence-corrected chi connectivity index (χ0v) is 20.6. The normalized spacial score (nSPS) is 13.6. The molecule has 10 heteroatoms. The molecule has 0 saturated carbocycles. The molecule has 30 heavy (non-hydrogen) atoms. The number of hydrogen-bond donors (Lipinski definition) is 0. The van der Waals surface area contributed by atoms with Gasteiger partial charge in [0.15, 0.2) is 0 Å². The summed E-state index contributed by atoms with van der Waals surface area (Å²) in [4.78, 5) is 11.2. The predicted octanol–water partition coefficient (Wildman–Crippen LogP) is 7.70. The quantitative estimate of drug-likeness (QED) is 0.0956. The largest absolute Gasteiger partial charge is 0.598 e. The van der Waals surface area contributed by atoms with E-state index < -0.39 is 21.6 Å². The van der Waals surface area contributed by atoms with Crippen LogP contribution >= 0.6 is 15.6 Å². The van der Waals surface area contributed by atoms with Crippen molar-refractivity contribution in [3.63, 3.8) is 0 Å². The highest BCUT2D eigenvalue weighted by molar-refractivity contribution is 7.62. The summed E-state index contributed by atoms with van der Waals surface area (Å²) < 4.78 is 50.5. The lowest BCUT2D eigenvalue weighted by molar-refractivity contribution is -0.133. The van der Waals surface area contributed by atoms with Crippen LogP contribution in [-0.4, -0.2) is 19.2 Å². The van der Waals surface area contributed by atoms with Gasteiger partial charge in [0.05, 0.1) is 19.5 Å². The summed E-state index contributed by atoms with van der Waals surface area (Å²) in [6.45, 7) is 8.79. The van der Waals surface area contributed by atoms with Crippen LogP contribution in [0.2, 0.25) is 0 Å². The van der Waals surface area contributed by atoms with E-state index >= 15 is 0 Å². The molecule has 0 aliphatic rings. The Morgan fingerprint density at radius 2 is 1.20 bits per heavy atom. The molecular formula is C20H40O8P2. The van der Waals surface area contributed by atoms with Crippen LogP contribution in [0.25, 0.3) is 0 Å². The molecule has 0 rings (SSSR count). The van der Waals surface area contributed by atoms with Crippen molar-refractivity contribution in [2.75, 3.05) is 13.2 Å². The van der Waals surface area contributed by atoms with Crippen LogP contribution in [0.5, 0.6) is 0 Å². The third-order valence-electron chi connectivity index (χ3n) is 4.14. The van der Waals surface area contributed by atoms with Gasteiger partial charge in [-0.05, 0) is 12.8 Å². The van der Waals surface area contributed by atoms with Gasteiger partial charge in [-0.15, -0.1) is 0 Å². The molecule has 0 aromatic rings. The molecule has 0 radical (unpaired) electrons. The van der Waals surface area contributed by atoms with Crippen molar-refractivity contribution in [1.29, 1.82) is 0 Å². The van der Waals surface area contributed by atoms with Crippen molar-refractivity contribution in [3.05, 3.63) is 12.8 Å². The Morgan fingerprint density at radius 3 is 1.60 bits per heavy atom. The maximum atomic E-state index is 13.0. The average molecular weight is 470 g/mol. The fraction of sp³-hybridized carbons (Fsp3) is 0.850. The Balaban J connectivity index is 4.75. The highest BCUT2D eigenvalue weighted by atomic mass is 31.3. The number of unbranched alkanes of at least 4 members (excludes halogenated alkanes) is 10. The fourth-order valence-electron chi connectivity index (χ4n) is 2.63. The van der Waals surface area contributed by atoms with E-state index in [1.165, 1.54) is 12.8 Å². The summed E-state index contributed by atoms with van der Waals surface area (Å²) in [6.07, 6.45) is 12.9. The van der Waals surface area contributed by atoms with E-state index in [0.717, 1.165) is 64.6 Å². The minimum Gasteiger partial charge on any atom is -0.403 e. The lowest BCUT2D eigenvalue weighted by atomic mass is 10.1. The van der Waals surface area contributed by atoms with Crippen LogP contribution in [0.3, 0.4) is 0 Å². The second kappa shape index (κ2) is 18.0. The van der Waals surface area contributed by atoms with Crippen molar-refractivity contribution in [2.24, 2.45) is 0 Å². The van der Waals surface area contributed by atoms with Crippen LogP contribution < -0.4 is 0 Å². The lowest BCUT2D eigenvalue weighted by Crippen LogP contribution is -2.06. The predicted molar refractivity (Wildman–Crippen MR) is 118 cm³/mol. The number of carbonyl (C=O) groups excluding carboxylic acids is 1. The van der Waals surface area contributed by atoms with Crippen molar-refractivity contribution in [3.8, 4) is 0 Å². The molecule has 0 fully saturated rings. The van der Waals surface area contributed by atoms with E-state index in [9.17, 15) is 13.9 Å². The van der Waals surface area contributed by atoms with E-state index in [0.29, 0.717) is 12.8 Å². The summed E-state index contributed by atoms with van der Waals surface area (Å²) in [5.41, 5.74) is 0. The smallest absolute Gasteiger partial charge is 0.403 e. The van der Waals surface area contributed by atoms with Crippen LogP contribution in [0, 0.1) is 0 Å². The van der Waals surface area contributed by atoms with E-state index in [1.54, 1.807) is 0 Å². The van der Waals surface area contributed by atoms with Crippen LogP contribution in [-0.2, 0) is 36.3 Å². The van der Waals surface area contributed by atoms with Crippen LogP contribution in [0.1, 0.15) is 97.8 Å². The molecule has 0 heterocycles. The summed E-state index contributed by atoms with van der Waals surface area (Å²) >= 11 is 0. The first-order valence-corrected chi connectivity index (χ1v) is 13.9. The highest BCUT2D eigenvalue weighted by Gasteiger charge is 2.43. The molecule has 178 valence electrons. The molecule has 8 nitrogen and oxygen atoms in total. The first kappa shape index (κ1) is 29.4. The Morgan fingerprint density at radius 1 is 0.767 bits per heavy atom. The van der Waals surface area contributed by atoms with Gasteiger partial charge in [0, 0.05) is 6.92 Å². The van der Waals surface area contributed by atoms with Crippen molar-refractivity contribution in [1.82, 2.24) is 0 Å². The minimum absolute atomic E-state index is 0.105. The molecular weight excluding hydrogens is 430 g/mol. The van der Waals surface area contributed by atoms with Gasteiger partial charge in [-0.3, -0.25) is 13.8 Å². The summed E-state index contributed by atoms with van der Waals surface area (Å²) in [6, 6.07) is 0. The van der Waals surface area contributed by atoms with Crippen molar-refractivity contribution in [2.45, 2.75) is 97.8 Å². The van der Waals surface area contributed by atoms with E-state index in [4.69, 9.17) is 17.9 Å². The molecule has 0 saturated heterocycles. The van der Waals surface area contributed by atoms with Crippen molar-refractivity contribution < 1.29 is 36.3 Å². The minimum atomic E-state index is -4.52. The number of rotatable bonds is 21. The van der Waals surface area contributed by atoms with Gasteiger partial charge in [-0.2, -0.15) is 4.31 Å². The molecule has 1 atom stereocenters. The summed E-state index contributed by atoms with van der Waals surface area (Å²) in [5.74, 6) is -0.918. The maximum Gasteiger partial charge on any atom is 0.598 e. The Bertz CT molecular complexity index is 531. The van der Waals surface area contributed by atoms with Gasteiger partial charge in [-0.1, -0.05) is 84.6 Å². The van der Waals surface area contributed by atoms with E-state index in [-0.39, 0.29) is 13.2 Å². The fourth-order valence-corrected chi connectivity index (χ4v) is 5.60. The second-order valence-corrected chi connectivity index (χ2v) is 10.4. The molecule has 1 unspecified atom stereocenters. The lowest BCUT2D eigenvalue weighted by Gasteiger charge is -2.21. The standard InChI is InChI=1S/C20H40O8P2/c1-5-8-10-12-14-16-18-25-29(22,26-19-17-15-13-11-9-6-2)28-30(23,24-7-3)27-20(4)21/h7H,3,5-6,8-19H2,1-2,4H3. The average Bonchev–Trinajstić information content (AvgIpc) is 2.66. The number of phosphoric ester groups is 2. The Labute approximate surface area is 182 Å². The van der Waals surface area contributed by atoms with Gasteiger partial charge in [0.25, 0.3) is 0 Å². The highest BCUT2D eigenvalue weighted by Crippen LogP contribution is 2.66. The SMILES string of the molecule is C=COP(=O)(OC(C)=O)OP(=O)(OCCCCCCCC)OCCCCCCCC. The Kier molecular flexibility index (Phi) is 17.6. The van der Waals surface area contributed by atoms with Crippen molar-refractivity contribution >= 4 is 21.6 Å². The monoisotopic (exact) mass is 470 g/mol. The molecule has 0 aliphatic carbocycles. The first-order valence-electron chi connectivity index (χ1n) is 11.0. The molecule has 0 N–H and O–H groups in total. The van der Waals surface area contributed by atoms with E-state index in [2.05, 4.69) is 25.0 Å². The van der Waals surface area contributed by atoms with Crippen LogP contribution in [0.4, 0.5) is 0 Å². The third-order valence-corrected chi connectivity index (χ3v) is 7.62. The number of phosphoric acid groups is 2. The summed E-state index contributed by atoms with van der Waals surface area (Å²) in [5, 5.41) is 0. The molecule has 0 aromatic carbocycles. The Hall–Kier alpha value is -0.650. The number of carbonyl (C=O) groups is 1. The van der Waals surface area contributed by atoms with Gasteiger partial charge in [0.2, 0.25) is 0 Å². The summed E-state index contributed by atoms with van der Waals surface area (Å²) in [7, 11) is -8.78. The molecule has 0 bridgehead atoms. The molecule has 0 amide bonds. The first-order chi connectivity index (χ1) is 14.3. The van der Waals surface area contributed by atoms with E-state index in [1.807, 2.05) is 0 Å². The molecule has 0 aliphatic heterocycles. The maximum absolute atomic E-state index is 13.0. The van der Waals surface area contributed by atoms with Gasteiger partial charge in [0.1, 0.15) is 0 Å². The zero-order chi connectivity index (χ0) is 22.7. The van der Waals surface area contributed by atoms with Crippen LogP contribution in [0.15, 0.2) is 12.8 Å². The van der Waals surface area contributed by atoms with Gasteiger partial charge < -0.3 is 9.05 Å². The molecule has 0 spiro atoms. The second-order valence-electron chi connectivity index (χ2n) is 7.03.